The fraction of sp³-hybridized carbons (Fsp3) is 0.429. The van der Waals surface area contributed by atoms with E-state index in [1.165, 1.54) is 0 Å². The number of halogens is 4. The summed E-state index contributed by atoms with van der Waals surface area (Å²) < 4.78 is 47.7. The van der Waals surface area contributed by atoms with Crippen molar-refractivity contribution in [1.29, 1.82) is 0 Å². The quantitative estimate of drug-likeness (QED) is 0.646. The Morgan fingerprint density at radius 2 is 1.83 bits per heavy atom. The number of amides is 1. The second-order valence-electron chi connectivity index (χ2n) is 5.43. The number of esters is 1. The third-order valence-corrected chi connectivity index (χ3v) is 2.50. The summed E-state index contributed by atoms with van der Waals surface area (Å²) in [6, 6.07) is 1.70. The third kappa shape index (κ3) is 5.97. The molecule has 1 N–H and O–H groups in total. The number of hydrogen-bond acceptors (Lipinski definition) is 4. The lowest BCUT2D eigenvalue weighted by Crippen LogP contribution is -2.28. The molecule has 1 amide bonds. The van der Waals surface area contributed by atoms with Crippen molar-refractivity contribution in [3.8, 4) is 0 Å². The maximum absolute atomic E-state index is 12.7. The maximum atomic E-state index is 12.7. The number of carbonyl (C=O) groups excluding carboxylic acids is 2. The van der Waals surface area contributed by atoms with Crippen molar-refractivity contribution in [2.75, 3.05) is 11.4 Å². The first-order chi connectivity index (χ1) is 10.4. The normalized spacial score (nSPS) is 11.8. The van der Waals surface area contributed by atoms with Crippen LogP contribution in [0.3, 0.4) is 0 Å². The lowest BCUT2D eigenvalue weighted by molar-refractivity contribution is -0.137. The number of rotatable bonds is 3. The Morgan fingerprint density at radius 3 is 2.30 bits per heavy atom. The van der Waals surface area contributed by atoms with Gasteiger partial charge in [-0.1, -0.05) is 11.6 Å². The molecule has 128 valence electrons. The van der Waals surface area contributed by atoms with Crippen molar-refractivity contribution in [2.45, 2.75) is 32.5 Å². The fourth-order valence-corrected chi connectivity index (χ4v) is 1.64. The largest absolute Gasteiger partial charge is 0.446 e. The summed E-state index contributed by atoms with van der Waals surface area (Å²) in [5, 5.41) is 2.21. The fourth-order valence-electron chi connectivity index (χ4n) is 1.54. The number of anilines is 1. The van der Waals surface area contributed by atoms with Gasteiger partial charge in [0.1, 0.15) is 5.60 Å². The van der Waals surface area contributed by atoms with Gasteiger partial charge in [0.05, 0.1) is 16.8 Å². The molecule has 23 heavy (non-hydrogen) atoms. The van der Waals surface area contributed by atoms with Gasteiger partial charge in [-0.25, -0.2) is 9.59 Å². The van der Waals surface area contributed by atoms with Gasteiger partial charge in [0.25, 0.3) is 0 Å². The van der Waals surface area contributed by atoms with E-state index in [-0.39, 0.29) is 5.69 Å². The molecule has 0 radical (unpaired) electrons. The van der Waals surface area contributed by atoms with Gasteiger partial charge in [-0.3, -0.25) is 5.32 Å². The number of benzene rings is 1. The van der Waals surface area contributed by atoms with E-state index in [2.05, 4.69) is 10.1 Å². The van der Waals surface area contributed by atoms with Crippen molar-refractivity contribution in [3.63, 3.8) is 0 Å². The molecule has 0 aliphatic heterocycles. The van der Waals surface area contributed by atoms with Crippen molar-refractivity contribution in [2.24, 2.45) is 0 Å². The van der Waals surface area contributed by atoms with Gasteiger partial charge in [0, 0.05) is 0 Å². The molecule has 0 saturated carbocycles. The van der Waals surface area contributed by atoms with Crippen LogP contribution in [0.2, 0.25) is 0 Å². The summed E-state index contributed by atoms with van der Waals surface area (Å²) in [4.78, 5) is 23.5. The van der Waals surface area contributed by atoms with E-state index in [4.69, 9.17) is 16.3 Å². The summed E-state index contributed by atoms with van der Waals surface area (Å²) >= 11 is 5.24. The van der Waals surface area contributed by atoms with Gasteiger partial charge in [0.2, 0.25) is 0 Å². The SMILES string of the molecule is CC(C)(C)OC(=O)Nc1ccc(C(F)(F)F)cc1C(=O)OCCl. The van der Waals surface area contributed by atoms with Gasteiger partial charge in [-0.15, -0.1) is 0 Å². The molecule has 0 saturated heterocycles. The van der Waals surface area contributed by atoms with Crippen LogP contribution in [-0.4, -0.2) is 23.7 Å². The van der Waals surface area contributed by atoms with Crippen LogP contribution in [0.4, 0.5) is 23.7 Å². The van der Waals surface area contributed by atoms with Crippen LogP contribution in [0.25, 0.3) is 0 Å². The number of hydrogen-bond donors (Lipinski definition) is 1. The van der Waals surface area contributed by atoms with Crippen LogP contribution >= 0.6 is 11.6 Å². The average molecular weight is 354 g/mol. The highest BCUT2D eigenvalue weighted by molar-refractivity contribution is 6.18. The molecule has 1 rings (SSSR count). The maximum Gasteiger partial charge on any atom is 0.416 e. The molecule has 9 heteroatoms. The standard InChI is InChI=1S/C14H15ClF3NO4/c1-13(2,3)23-12(21)19-10-5-4-8(14(16,17)18)6-9(10)11(20)22-7-15/h4-6H,7H2,1-3H3,(H,19,21). The predicted molar refractivity (Wildman–Crippen MR) is 77.4 cm³/mol. The van der Waals surface area contributed by atoms with Crippen LogP contribution in [0.1, 0.15) is 36.7 Å². The monoisotopic (exact) mass is 353 g/mol. The smallest absolute Gasteiger partial charge is 0.416 e. The van der Waals surface area contributed by atoms with Crippen molar-refractivity contribution in [3.05, 3.63) is 29.3 Å². The van der Waals surface area contributed by atoms with E-state index < -0.39 is 41.0 Å². The van der Waals surface area contributed by atoms with Crippen LogP contribution in [-0.2, 0) is 15.7 Å². The van der Waals surface area contributed by atoms with Gasteiger partial charge < -0.3 is 9.47 Å². The Morgan fingerprint density at radius 1 is 1.22 bits per heavy atom. The Bertz CT molecular complexity index is 597. The number of carbonyl (C=O) groups is 2. The molecule has 5 nitrogen and oxygen atoms in total. The molecule has 0 heterocycles. The molecule has 0 spiro atoms. The Labute approximate surface area is 135 Å². The zero-order valence-corrected chi connectivity index (χ0v) is 13.3. The van der Waals surface area contributed by atoms with Crippen LogP contribution in [0, 0.1) is 0 Å². The Kier molecular flexibility index (Phi) is 5.87. The second kappa shape index (κ2) is 7.08. The Hall–Kier alpha value is -1.96. The molecule has 0 unspecified atom stereocenters. The predicted octanol–water partition coefficient (Wildman–Crippen LogP) is 4.41. The van der Waals surface area contributed by atoms with Crippen LogP contribution in [0.5, 0.6) is 0 Å². The highest BCUT2D eigenvalue weighted by Crippen LogP contribution is 2.32. The topological polar surface area (TPSA) is 64.6 Å². The van der Waals surface area contributed by atoms with E-state index in [1.54, 1.807) is 20.8 Å². The molecular formula is C14H15ClF3NO4. The third-order valence-electron chi connectivity index (χ3n) is 2.39. The summed E-state index contributed by atoms with van der Waals surface area (Å²) in [5.74, 6) is -1.10. The highest BCUT2D eigenvalue weighted by atomic mass is 35.5. The van der Waals surface area contributed by atoms with Crippen LogP contribution in [0.15, 0.2) is 18.2 Å². The number of ether oxygens (including phenoxy) is 2. The van der Waals surface area contributed by atoms with Gasteiger partial charge >= 0.3 is 18.2 Å². The van der Waals surface area contributed by atoms with E-state index in [9.17, 15) is 22.8 Å². The number of alkyl halides is 4. The minimum Gasteiger partial charge on any atom is -0.446 e. The lowest BCUT2D eigenvalue weighted by atomic mass is 10.1. The molecule has 0 bridgehead atoms. The molecule has 1 aromatic rings. The highest BCUT2D eigenvalue weighted by Gasteiger charge is 2.32. The molecule has 1 aromatic carbocycles. The van der Waals surface area contributed by atoms with Crippen molar-refractivity contribution in [1.82, 2.24) is 0 Å². The Balaban J connectivity index is 3.15. The summed E-state index contributed by atoms with van der Waals surface area (Å²) in [7, 11) is 0. The van der Waals surface area contributed by atoms with E-state index >= 15 is 0 Å². The van der Waals surface area contributed by atoms with Gasteiger partial charge in [-0.05, 0) is 39.0 Å². The van der Waals surface area contributed by atoms with Crippen LogP contribution < -0.4 is 5.32 Å². The minimum absolute atomic E-state index is 0.178. The first-order valence-electron chi connectivity index (χ1n) is 6.38. The van der Waals surface area contributed by atoms with E-state index in [0.717, 1.165) is 12.1 Å². The molecular weight excluding hydrogens is 339 g/mol. The molecule has 0 aliphatic carbocycles. The first-order valence-corrected chi connectivity index (χ1v) is 6.92. The zero-order chi connectivity index (χ0) is 17.8. The lowest BCUT2D eigenvalue weighted by Gasteiger charge is -2.20. The number of nitrogens with one attached hydrogen (secondary N) is 1. The summed E-state index contributed by atoms with van der Waals surface area (Å²) in [6.07, 6.45) is -5.57. The van der Waals surface area contributed by atoms with E-state index in [1.807, 2.05) is 0 Å². The minimum atomic E-state index is -4.65. The second-order valence-corrected chi connectivity index (χ2v) is 5.64. The summed E-state index contributed by atoms with van der Waals surface area (Å²) in [6.45, 7) is 4.84. The average Bonchev–Trinajstić information content (AvgIpc) is 2.35. The van der Waals surface area contributed by atoms with Crippen molar-refractivity contribution < 1.29 is 32.2 Å². The molecule has 0 aliphatic rings. The molecule has 0 atom stereocenters. The van der Waals surface area contributed by atoms with Crippen molar-refractivity contribution >= 4 is 29.4 Å². The summed E-state index contributed by atoms with van der Waals surface area (Å²) in [5.41, 5.74) is -2.53. The zero-order valence-electron chi connectivity index (χ0n) is 12.6. The first kappa shape index (κ1) is 19.1. The van der Waals surface area contributed by atoms with Gasteiger partial charge in [0.15, 0.2) is 6.07 Å². The molecule has 0 aromatic heterocycles. The molecule has 0 fully saturated rings. The van der Waals surface area contributed by atoms with Gasteiger partial charge in [-0.2, -0.15) is 13.2 Å². The van der Waals surface area contributed by atoms with E-state index in [0.29, 0.717) is 6.07 Å².